The van der Waals surface area contributed by atoms with E-state index in [1.807, 2.05) is 11.0 Å². The van der Waals surface area contributed by atoms with Crippen LogP contribution in [0.25, 0.3) is 0 Å². The van der Waals surface area contributed by atoms with E-state index in [9.17, 15) is 8.42 Å². The van der Waals surface area contributed by atoms with E-state index >= 15 is 0 Å². The van der Waals surface area contributed by atoms with Crippen molar-refractivity contribution in [1.82, 2.24) is 4.98 Å². The van der Waals surface area contributed by atoms with Gasteiger partial charge in [-0.05, 0) is 31.2 Å². The van der Waals surface area contributed by atoms with Gasteiger partial charge in [-0.1, -0.05) is 0 Å². The molecule has 0 amide bonds. The topological polar surface area (TPSA) is 84.7 Å². The smallest absolute Gasteiger partial charge is 0.296 e. The Balaban J connectivity index is 1.89. The highest BCUT2D eigenvalue weighted by molar-refractivity contribution is 7.92. The van der Waals surface area contributed by atoms with Gasteiger partial charge in [-0.15, -0.1) is 0 Å². The summed E-state index contributed by atoms with van der Waals surface area (Å²) in [5.74, 6) is 0.827. The van der Waals surface area contributed by atoms with E-state index < -0.39 is 10.0 Å². The number of anilines is 2. The number of nitrogens with one attached hydrogen (secondary N) is 1. The van der Waals surface area contributed by atoms with Gasteiger partial charge in [0.25, 0.3) is 10.0 Å². The van der Waals surface area contributed by atoms with Crippen LogP contribution >= 0.6 is 0 Å². The summed E-state index contributed by atoms with van der Waals surface area (Å²) in [5.41, 5.74) is 0.734. The first-order valence-corrected chi connectivity index (χ1v) is 8.41. The lowest BCUT2D eigenvalue weighted by Gasteiger charge is -2.29. The Bertz CT molecular complexity index is 751. The van der Waals surface area contributed by atoms with E-state index in [-0.39, 0.29) is 5.09 Å². The second-order valence-corrected chi connectivity index (χ2v) is 6.55. The normalized spacial score (nSPS) is 15.8. The van der Waals surface area contributed by atoms with Gasteiger partial charge in [0.1, 0.15) is 5.76 Å². The fourth-order valence-corrected chi connectivity index (χ4v) is 3.27. The van der Waals surface area contributed by atoms with Crippen LogP contribution in [0.5, 0.6) is 0 Å². The molecule has 8 heteroatoms. The molecule has 2 aromatic heterocycles. The fraction of sp³-hybridized carbons (Fsp3) is 0.357. The van der Waals surface area contributed by atoms with Gasteiger partial charge in [0.05, 0.1) is 18.9 Å². The average Bonchev–Trinajstić information content (AvgIpc) is 2.96. The van der Waals surface area contributed by atoms with Gasteiger partial charge in [-0.25, -0.2) is 4.98 Å². The number of nitrogens with zero attached hydrogens (tertiary/aromatic N) is 2. The molecule has 0 spiro atoms. The number of morpholine rings is 1. The van der Waals surface area contributed by atoms with Crippen molar-refractivity contribution in [3.8, 4) is 0 Å². The summed E-state index contributed by atoms with van der Waals surface area (Å²) in [4.78, 5) is 6.20. The van der Waals surface area contributed by atoms with Crippen LogP contribution in [0.1, 0.15) is 5.76 Å². The maximum atomic E-state index is 12.4. The van der Waals surface area contributed by atoms with Crippen LogP contribution in [0.3, 0.4) is 0 Å². The van der Waals surface area contributed by atoms with Crippen LogP contribution in [0.15, 0.2) is 40.0 Å². The Labute approximate surface area is 129 Å². The molecule has 1 saturated heterocycles. The maximum Gasteiger partial charge on any atom is 0.296 e. The molecule has 0 unspecified atom stereocenters. The molecular formula is C14H17N3O4S. The molecule has 0 aromatic carbocycles. The molecule has 1 aliphatic rings. The minimum absolute atomic E-state index is 0.122. The standard InChI is InChI=1S/C14H17N3O4S/c1-11-4-5-13(21-11)22(18,19)16-14-12(3-2-6-15-14)17-7-9-20-10-8-17/h2-6H,7-10H2,1H3,(H,15,16). The fourth-order valence-electron chi connectivity index (χ4n) is 2.27. The first-order chi connectivity index (χ1) is 10.6. The van der Waals surface area contributed by atoms with Crippen molar-refractivity contribution in [2.45, 2.75) is 12.0 Å². The molecule has 7 nitrogen and oxygen atoms in total. The lowest BCUT2D eigenvalue weighted by Crippen LogP contribution is -2.37. The van der Waals surface area contributed by atoms with E-state index in [2.05, 4.69) is 9.71 Å². The van der Waals surface area contributed by atoms with E-state index in [1.165, 1.54) is 6.07 Å². The Kier molecular flexibility index (Phi) is 4.04. The van der Waals surface area contributed by atoms with Crippen molar-refractivity contribution in [3.05, 3.63) is 36.2 Å². The molecule has 2 aromatic rings. The van der Waals surface area contributed by atoms with Gasteiger partial charge in [-0.3, -0.25) is 4.72 Å². The van der Waals surface area contributed by atoms with Gasteiger partial charge in [0, 0.05) is 19.3 Å². The summed E-state index contributed by atoms with van der Waals surface area (Å²) in [5, 5.41) is -0.122. The van der Waals surface area contributed by atoms with Crippen molar-refractivity contribution >= 4 is 21.5 Å². The molecular weight excluding hydrogens is 306 g/mol. The molecule has 0 radical (unpaired) electrons. The molecule has 1 fully saturated rings. The minimum Gasteiger partial charge on any atom is -0.448 e. The lowest BCUT2D eigenvalue weighted by molar-refractivity contribution is 0.123. The number of ether oxygens (including phenoxy) is 1. The summed E-state index contributed by atoms with van der Waals surface area (Å²) in [6.45, 7) is 4.30. The van der Waals surface area contributed by atoms with Crippen LogP contribution in [-0.2, 0) is 14.8 Å². The second-order valence-electron chi connectivity index (χ2n) is 4.94. The Morgan fingerprint density at radius 1 is 1.23 bits per heavy atom. The summed E-state index contributed by atoms with van der Waals surface area (Å²) >= 11 is 0. The van der Waals surface area contributed by atoms with Gasteiger partial charge in [0.2, 0.25) is 5.09 Å². The predicted octanol–water partition coefficient (Wildman–Crippen LogP) is 1.62. The van der Waals surface area contributed by atoms with Gasteiger partial charge < -0.3 is 14.1 Å². The molecule has 3 rings (SSSR count). The summed E-state index contributed by atoms with van der Waals surface area (Å²) in [7, 11) is -3.79. The third-order valence-electron chi connectivity index (χ3n) is 3.35. The highest BCUT2D eigenvalue weighted by Crippen LogP contribution is 2.26. The van der Waals surface area contributed by atoms with Crippen LogP contribution in [0.2, 0.25) is 0 Å². The Morgan fingerprint density at radius 2 is 2.00 bits per heavy atom. The average molecular weight is 323 g/mol. The number of aryl methyl sites for hydroxylation is 1. The first-order valence-electron chi connectivity index (χ1n) is 6.93. The summed E-state index contributed by atoms with van der Waals surface area (Å²) in [6.07, 6.45) is 1.55. The van der Waals surface area contributed by atoms with Gasteiger partial charge in [-0.2, -0.15) is 8.42 Å². The third-order valence-corrected chi connectivity index (χ3v) is 4.56. The zero-order valence-electron chi connectivity index (χ0n) is 12.2. The second kappa shape index (κ2) is 5.98. The minimum atomic E-state index is -3.79. The van der Waals surface area contributed by atoms with E-state index in [0.717, 1.165) is 5.69 Å². The van der Waals surface area contributed by atoms with Crippen molar-refractivity contribution in [2.24, 2.45) is 0 Å². The number of hydrogen-bond acceptors (Lipinski definition) is 6. The van der Waals surface area contributed by atoms with Crippen molar-refractivity contribution in [1.29, 1.82) is 0 Å². The quantitative estimate of drug-likeness (QED) is 0.920. The summed E-state index contributed by atoms with van der Waals surface area (Å²) in [6, 6.07) is 6.65. The highest BCUT2D eigenvalue weighted by Gasteiger charge is 2.22. The first kappa shape index (κ1) is 14.9. The lowest BCUT2D eigenvalue weighted by atomic mass is 10.3. The number of sulfonamides is 1. The molecule has 0 bridgehead atoms. The van der Waals surface area contributed by atoms with Gasteiger partial charge in [0.15, 0.2) is 5.82 Å². The van der Waals surface area contributed by atoms with Crippen LogP contribution in [0, 0.1) is 6.92 Å². The molecule has 1 N–H and O–H groups in total. The van der Waals surface area contributed by atoms with E-state index in [0.29, 0.717) is 37.9 Å². The summed E-state index contributed by atoms with van der Waals surface area (Å²) < 4.78 is 37.7. The number of hydrogen-bond donors (Lipinski definition) is 1. The van der Waals surface area contributed by atoms with Crippen molar-refractivity contribution in [2.75, 3.05) is 35.9 Å². The Hall–Kier alpha value is -2.06. The van der Waals surface area contributed by atoms with Crippen LogP contribution in [-0.4, -0.2) is 39.7 Å². The van der Waals surface area contributed by atoms with Crippen LogP contribution in [0.4, 0.5) is 11.5 Å². The number of pyridine rings is 1. The zero-order valence-corrected chi connectivity index (χ0v) is 13.0. The van der Waals surface area contributed by atoms with Crippen molar-refractivity contribution in [3.63, 3.8) is 0 Å². The number of rotatable bonds is 4. The highest BCUT2D eigenvalue weighted by atomic mass is 32.2. The molecule has 3 heterocycles. The monoisotopic (exact) mass is 323 g/mol. The predicted molar refractivity (Wildman–Crippen MR) is 81.5 cm³/mol. The SMILES string of the molecule is Cc1ccc(S(=O)(=O)Nc2ncccc2N2CCOCC2)o1. The van der Waals surface area contributed by atoms with Crippen LogP contribution < -0.4 is 9.62 Å². The van der Waals surface area contributed by atoms with E-state index in [4.69, 9.17) is 9.15 Å². The zero-order chi connectivity index (χ0) is 15.6. The Morgan fingerprint density at radius 3 is 2.68 bits per heavy atom. The third kappa shape index (κ3) is 3.07. The van der Waals surface area contributed by atoms with Crippen molar-refractivity contribution < 1.29 is 17.6 Å². The molecule has 22 heavy (non-hydrogen) atoms. The maximum absolute atomic E-state index is 12.4. The van der Waals surface area contributed by atoms with E-state index in [1.54, 1.807) is 25.3 Å². The molecule has 0 atom stereocenters. The largest absolute Gasteiger partial charge is 0.448 e. The molecule has 0 saturated carbocycles. The molecule has 118 valence electrons. The number of furan rings is 1. The molecule has 0 aliphatic carbocycles. The number of aromatic nitrogens is 1. The molecule has 1 aliphatic heterocycles. The van der Waals surface area contributed by atoms with Gasteiger partial charge >= 0.3 is 0 Å².